The summed E-state index contributed by atoms with van der Waals surface area (Å²) in [6.45, 7) is 4.26. The Balaban J connectivity index is 1.84. The Bertz CT molecular complexity index is 942. The highest BCUT2D eigenvalue weighted by atomic mass is 19.1. The van der Waals surface area contributed by atoms with E-state index in [0.29, 0.717) is 31.9 Å². The van der Waals surface area contributed by atoms with Crippen LogP contribution in [-0.2, 0) is 4.74 Å². The second kappa shape index (κ2) is 7.37. The maximum atomic E-state index is 13.4. The number of morpholine rings is 1. The largest absolute Gasteiger partial charge is 0.378 e. The molecule has 1 aromatic heterocycles. The molecule has 0 spiro atoms. The van der Waals surface area contributed by atoms with Crippen LogP contribution >= 0.6 is 0 Å². The number of carbonyl (C=O) groups is 1. The topological polar surface area (TPSA) is 34.5 Å². The Morgan fingerprint density at radius 3 is 2.33 bits per heavy atom. The summed E-state index contributed by atoms with van der Waals surface area (Å²) in [4.78, 5) is 14.9. The predicted molar refractivity (Wildman–Crippen MR) is 103 cm³/mol. The van der Waals surface area contributed by atoms with E-state index in [0.717, 1.165) is 22.6 Å². The molecule has 1 aliphatic heterocycles. The molecule has 2 aromatic carbocycles. The van der Waals surface area contributed by atoms with Crippen molar-refractivity contribution in [3.63, 3.8) is 0 Å². The molecule has 4 nitrogen and oxygen atoms in total. The van der Waals surface area contributed by atoms with Crippen molar-refractivity contribution < 1.29 is 13.9 Å². The van der Waals surface area contributed by atoms with Gasteiger partial charge in [0.2, 0.25) is 0 Å². The molecule has 0 saturated carbocycles. The number of benzene rings is 2. The molecule has 0 unspecified atom stereocenters. The molecular formula is C22H21FN2O2. The minimum atomic E-state index is -0.283. The van der Waals surface area contributed by atoms with Crippen molar-refractivity contribution >= 4 is 5.91 Å². The van der Waals surface area contributed by atoms with Gasteiger partial charge in [-0.05, 0) is 42.8 Å². The highest BCUT2D eigenvalue weighted by Crippen LogP contribution is 2.30. The van der Waals surface area contributed by atoms with Crippen LogP contribution in [0.2, 0.25) is 0 Å². The molecule has 0 bridgehead atoms. The number of carbonyl (C=O) groups excluding carboxylic acids is 1. The zero-order chi connectivity index (χ0) is 18.8. The molecule has 1 fully saturated rings. The fourth-order valence-electron chi connectivity index (χ4n) is 3.50. The van der Waals surface area contributed by atoms with Crippen LogP contribution in [0.4, 0.5) is 4.39 Å². The molecule has 3 aromatic rings. The molecule has 0 N–H and O–H groups in total. The van der Waals surface area contributed by atoms with E-state index in [1.165, 1.54) is 12.1 Å². The third kappa shape index (κ3) is 3.38. The van der Waals surface area contributed by atoms with Gasteiger partial charge in [-0.15, -0.1) is 0 Å². The highest BCUT2D eigenvalue weighted by molar-refractivity contribution is 5.97. The molecule has 4 rings (SSSR count). The summed E-state index contributed by atoms with van der Waals surface area (Å²) < 4.78 is 20.8. The third-order valence-electron chi connectivity index (χ3n) is 4.93. The van der Waals surface area contributed by atoms with E-state index in [9.17, 15) is 9.18 Å². The maximum Gasteiger partial charge on any atom is 0.255 e. The fourth-order valence-corrected chi connectivity index (χ4v) is 3.50. The Morgan fingerprint density at radius 1 is 1.00 bits per heavy atom. The van der Waals surface area contributed by atoms with E-state index in [4.69, 9.17) is 4.74 Å². The quantitative estimate of drug-likeness (QED) is 0.702. The Hall–Kier alpha value is -2.92. The standard InChI is InChI=1S/C22H21FN2O2/c1-16-20(22(26)24-11-13-27-14-12-24)15-21(17-5-3-2-4-6-17)25(16)19-9-7-18(23)8-10-19/h2-10,15H,11-14H2,1H3. The Kier molecular flexibility index (Phi) is 4.77. The number of rotatable bonds is 3. The normalized spacial score (nSPS) is 14.4. The summed E-state index contributed by atoms with van der Waals surface area (Å²) >= 11 is 0. The molecule has 27 heavy (non-hydrogen) atoms. The number of hydrogen-bond acceptors (Lipinski definition) is 2. The van der Waals surface area contributed by atoms with Gasteiger partial charge in [0.25, 0.3) is 5.91 Å². The number of hydrogen-bond donors (Lipinski definition) is 0. The Labute approximate surface area is 157 Å². The van der Waals surface area contributed by atoms with Gasteiger partial charge in [0, 0.05) is 24.5 Å². The Morgan fingerprint density at radius 2 is 1.67 bits per heavy atom. The number of halogens is 1. The van der Waals surface area contributed by atoms with Crippen LogP contribution in [0.1, 0.15) is 16.1 Å². The second-order valence-corrected chi connectivity index (χ2v) is 6.61. The molecular weight excluding hydrogens is 343 g/mol. The van der Waals surface area contributed by atoms with Gasteiger partial charge in [-0.2, -0.15) is 0 Å². The van der Waals surface area contributed by atoms with Gasteiger partial charge in [-0.25, -0.2) is 4.39 Å². The van der Waals surface area contributed by atoms with Gasteiger partial charge >= 0.3 is 0 Å². The lowest BCUT2D eigenvalue weighted by Gasteiger charge is -2.26. The van der Waals surface area contributed by atoms with Gasteiger partial charge in [-0.3, -0.25) is 4.79 Å². The monoisotopic (exact) mass is 364 g/mol. The van der Waals surface area contributed by atoms with Crippen LogP contribution in [0, 0.1) is 12.7 Å². The number of ether oxygens (including phenoxy) is 1. The van der Waals surface area contributed by atoms with Crippen LogP contribution in [0.15, 0.2) is 60.7 Å². The molecule has 0 radical (unpaired) electrons. The highest BCUT2D eigenvalue weighted by Gasteiger charge is 2.24. The van der Waals surface area contributed by atoms with E-state index in [2.05, 4.69) is 0 Å². The van der Waals surface area contributed by atoms with Crippen LogP contribution in [-0.4, -0.2) is 41.7 Å². The molecule has 1 amide bonds. The first-order valence-electron chi connectivity index (χ1n) is 9.06. The second-order valence-electron chi connectivity index (χ2n) is 6.61. The summed E-state index contributed by atoms with van der Waals surface area (Å²) in [6.07, 6.45) is 0. The predicted octanol–water partition coefficient (Wildman–Crippen LogP) is 4.06. The number of amides is 1. The fraction of sp³-hybridized carbons (Fsp3) is 0.227. The van der Waals surface area contributed by atoms with Crippen LogP contribution in [0.25, 0.3) is 16.9 Å². The van der Waals surface area contributed by atoms with Crippen molar-refractivity contribution in [1.29, 1.82) is 0 Å². The van der Waals surface area contributed by atoms with E-state index >= 15 is 0 Å². The molecule has 5 heteroatoms. The van der Waals surface area contributed by atoms with Gasteiger partial charge in [0.15, 0.2) is 0 Å². The molecule has 0 aliphatic carbocycles. The lowest BCUT2D eigenvalue weighted by molar-refractivity contribution is 0.0302. The van der Waals surface area contributed by atoms with Crippen molar-refractivity contribution in [1.82, 2.24) is 9.47 Å². The summed E-state index contributed by atoms with van der Waals surface area (Å²) in [5.74, 6) is -0.275. The summed E-state index contributed by atoms with van der Waals surface area (Å²) in [5, 5.41) is 0. The zero-order valence-electron chi connectivity index (χ0n) is 15.2. The molecule has 0 atom stereocenters. The number of aromatic nitrogens is 1. The lowest BCUT2D eigenvalue weighted by atomic mass is 10.1. The van der Waals surface area contributed by atoms with Crippen molar-refractivity contribution in [2.45, 2.75) is 6.92 Å². The van der Waals surface area contributed by atoms with Crippen LogP contribution < -0.4 is 0 Å². The average Bonchev–Trinajstić information content (AvgIpc) is 3.06. The third-order valence-corrected chi connectivity index (χ3v) is 4.93. The first-order chi connectivity index (χ1) is 13.1. The van der Waals surface area contributed by atoms with E-state index in [1.54, 1.807) is 12.1 Å². The molecule has 1 aliphatic rings. The van der Waals surface area contributed by atoms with Crippen molar-refractivity contribution in [2.24, 2.45) is 0 Å². The minimum absolute atomic E-state index is 0.00819. The van der Waals surface area contributed by atoms with Crippen molar-refractivity contribution in [3.8, 4) is 16.9 Å². The van der Waals surface area contributed by atoms with E-state index < -0.39 is 0 Å². The molecule has 1 saturated heterocycles. The first-order valence-corrected chi connectivity index (χ1v) is 9.06. The van der Waals surface area contributed by atoms with Gasteiger partial charge in [0.1, 0.15) is 5.82 Å². The van der Waals surface area contributed by atoms with E-state index in [-0.39, 0.29) is 11.7 Å². The van der Waals surface area contributed by atoms with Crippen molar-refractivity contribution in [3.05, 3.63) is 77.7 Å². The summed E-state index contributed by atoms with van der Waals surface area (Å²) in [6, 6.07) is 18.2. The first kappa shape index (κ1) is 17.5. The van der Waals surface area contributed by atoms with E-state index in [1.807, 2.05) is 52.8 Å². The summed E-state index contributed by atoms with van der Waals surface area (Å²) in [5.41, 5.74) is 4.26. The maximum absolute atomic E-state index is 13.4. The SMILES string of the molecule is Cc1c(C(=O)N2CCOCC2)cc(-c2ccccc2)n1-c1ccc(F)cc1. The molecule has 138 valence electrons. The van der Waals surface area contributed by atoms with Crippen molar-refractivity contribution in [2.75, 3.05) is 26.3 Å². The minimum Gasteiger partial charge on any atom is -0.378 e. The number of nitrogens with zero attached hydrogens (tertiary/aromatic N) is 2. The van der Waals surface area contributed by atoms with Gasteiger partial charge < -0.3 is 14.2 Å². The molecule has 2 heterocycles. The zero-order valence-corrected chi connectivity index (χ0v) is 15.2. The van der Waals surface area contributed by atoms with Crippen LogP contribution in [0.5, 0.6) is 0 Å². The van der Waals surface area contributed by atoms with Gasteiger partial charge in [0.05, 0.1) is 24.5 Å². The average molecular weight is 364 g/mol. The summed E-state index contributed by atoms with van der Waals surface area (Å²) in [7, 11) is 0. The lowest BCUT2D eigenvalue weighted by Crippen LogP contribution is -2.40. The van der Waals surface area contributed by atoms with Gasteiger partial charge in [-0.1, -0.05) is 30.3 Å². The van der Waals surface area contributed by atoms with Crippen LogP contribution in [0.3, 0.4) is 0 Å². The smallest absolute Gasteiger partial charge is 0.255 e.